The van der Waals surface area contributed by atoms with Crippen molar-refractivity contribution in [2.45, 2.75) is 13.8 Å². The summed E-state index contributed by atoms with van der Waals surface area (Å²) in [5.41, 5.74) is 8.80. The van der Waals surface area contributed by atoms with Crippen LogP contribution in [0.4, 0.5) is 5.82 Å². The first kappa shape index (κ1) is 7.16. The Hall–Kier alpha value is -1.51. The van der Waals surface area contributed by atoms with Gasteiger partial charge in [-0.3, -0.25) is 0 Å². The Kier molecular flexibility index (Phi) is 1.33. The van der Waals surface area contributed by atoms with Gasteiger partial charge in [-0.05, 0) is 31.5 Å². The zero-order chi connectivity index (χ0) is 8.72. The summed E-state index contributed by atoms with van der Waals surface area (Å²) < 4.78 is 1.99. The first-order chi connectivity index (χ1) is 5.68. The predicted octanol–water partition coefficient (Wildman–Crippen LogP) is 1.53. The zero-order valence-corrected chi connectivity index (χ0v) is 7.20. The number of aromatic nitrogens is 2. The lowest BCUT2D eigenvalue weighted by atomic mass is 10.3. The molecular formula is C9H11N3. The van der Waals surface area contributed by atoms with Crippen molar-refractivity contribution in [3.05, 3.63) is 29.6 Å². The highest BCUT2D eigenvalue weighted by molar-refractivity contribution is 5.52. The van der Waals surface area contributed by atoms with E-state index in [9.17, 15) is 0 Å². The fraction of sp³-hybridized carbons (Fsp3) is 0.222. The molecule has 0 aliphatic carbocycles. The average molecular weight is 161 g/mol. The number of hydrogen-bond acceptors (Lipinski definition) is 2. The minimum Gasteiger partial charge on any atom is -0.382 e. The summed E-state index contributed by atoms with van der Waals surface area (Å²) in [4.78, 5) is 4.21. The minimum absolute atomic E-state index is 0.612. The molecule has 0 spiro atoms. The summed E-state index contributed by atoms with van der Waals surface area (Å²) >= 11 is 0. The van der Waals surface area contributed by atoms with Crippen molar-refractivity contribution in [3.63, 3.8) is 0 Å². The van der Waals surface area contributed by atoms with Crippen LogP contribution in [0.3, 0.4) is 0 Å². The highest BCUT2D eigenvalue weighted by Gasteiger charge is 2.03. The number of hydrogen-bond donors (Lipinski definition) is 1. The van der Waals surface area contributed by atoms with Crippen molar-refractivity contribution in [2.24, 2.45) is 0 Å². The fourth-order valence-electron chi connectivity index (χ4n) is 1.29. The number of aryl methyl sites for hydroxylation is 2. The van der Waals surface area contributed by atoms with Crippen molar-refractivity contribution >= 4 is 11.5 Å². The zero-order valence-electron chi connectivity index (χ0n) is 7.20. The number of nitrogen functional groups attached to an aromatic ring is 1. The minimum atomic E-state index is 0.612. The highest BCUT2D eigenvalue weighted by Crippen LogP contribution is 2.13. The van der Waals surface area contributed by atoms with E-state index in [1.807, 2.05) is 36.6 Å². The molecule has 0 saturated heterocycles. The smallest absolute Gasteiger partial charge is 0.145 e. The molecule has 0 saturated carbocycles. The molecule has 3 heteroatoms. The second-order valence-electron chi connectivity index (χ2n) is 3.01. The van der Waals surface area contributed by atoms with E-state index in [-0.39, 0.29) is 0 Å². The van der Waals surface area contributed by atoms with Crippen molar-refractivity contribution in [1.29, 1.82) is 0 Å². The molecule has 2 N–H and O–H groups in total. The second kappa shape index (κ2) is 2.24. The third-order valence-corrected chi connectivity index (χ3v) is 2.06. The van der Waals surface area contributed by atoms with Crippen LogP contribution in [0, 0.1) is 13.8 Å². The monoisotopic (exact) mass is 161 g/mol. The molecule has 3 nitrogen and oxygen atoms in total. The molecule has 0 unspecified atom stereocenters. The van der Waals surface area contributed by atoms with E-state index in [2.05, 4.69) is 4.98 Å². The summed E-state index contributed by atoms with van der Waals surface area (Å²) in [7, 11) is 0. The van der Waals surface area contributed by atoms with Gasteiger partial charge in [0, 0.05) is 6.20 Å². The third-order valence-electron chi connectivity index (χ3n) is 2.06. The number of nitrogens with zero attached hydrogens (tertiary/aromatic N) is 2. The van der Waals surface area contributed by atoms with Crippen LogP contribution in [0.1, 0.15) is 11.3 Å². The lowest BCUT2D eigenvalue weighted by Crippen LogP contribution is -1.89. The van der Waals surface area contributed by atoms with Gasteiger partial charge in [0.15, 0.2) is 0 Å². The molecule has 2 aromatic rings. The molecule has 2 heterocycles. The summed E-state index contributed by atoms with van der Waals surface area (Å²) in [5.74, 6) is 0.612. The van der Waals surface area contributed by atoms with Crippen LogP contribution >= 0.6 is 0 Å². The number of rotatable bonds is 0. The Balaban J connectivity index is 2.87. The van der Waals surface area contributed by atoms with Crippen LogP contribution in [0.15, 0.2) is 18.3 Å². The normalized spacial score (nSPS) is 10.8. The predicted molar refractivity (Wildman–Crippen MR) is 49.1 cm³/mol. The summed E-state index contributed by atoms with van der Waals surface area (Å²) in [6.45, 7) is 4.00. The van der Waals surface area contributed by atoms with Gasteiger partial charge in [0.1, 0.15) is 11.5 Å². The molecule has 0 aliphatic rings. The molecule has 0 atom stereocenters. The highest BCUT2D eigenvalue weighted by atomic mass is 15.1. The van der Waals surface area contributed by atoms with E-state index >= 15 is 0 Å². The number of nitrogens with two attached hydrogens (primary N) is 1. The topological polar surface area (TPSA) is 43.3 Å². The van der Waals surface area contributed by atoms with Crippen LogP contribution < -0.4 is 5.73 Å². The molecule has 2 rings (SSSR count). The Labute approximate surface area is 70.8 Å². The van der Waals surface area contributed by atoms with Crippen molar-refractivity contribution in [3.8, 4) is 0 Å². The van der Waals surface area contributed by atoms with Gasteiger partial charge in [0.25, 0.3) is 0 Å². The van der Waals surface area contributed by atoms with Crippen molar-refractivity contribution in [1.82, 2.24) is 9.38 Å². The van der Waals surface area contributed by atoms with Crippen LogP contribution in [0.2, 0.25) is 0 Å². The van der Waals surface area contributed by atoms with E-state index in [1.165, 1.54) is 5.56 Å². The van der Waals surface area contributed by atoms with Crippen molar-refractivity contribution < 1.29 is 0 Å². The number of fused-ring (bicyclic) bond motifs is 1. The van der Waals surface area contributed by atoms with E-state index in [0.717, 1.165) is 11.3 Å². The first-order valence-electron chi connectivity index (χ1n) is 3.89. The maximum atomic E-state index is 5.67. The molecule has 12 heavy (non-hydrogen) atoms. The van der Waals surface area contributed by atoms with Crippen molar-refractivity contribution in [2.75, 3.05) is 5.73 Å². The maximum Gasteiger partial charge on any atom is 0.145 e. The molecule has 0 radical (unpaired) electrons. The quantitative estimate of drug-likeness (QED) is 0.636. The molecule has 62 valence electrons. The lowest BCUT2D eigenvalue weighted by Gasteiger charge is -1.96. The van der Waals surface area contributed by atoms with Gasteiger partial charge in [-0.15, -0.1) is 0 Å². The summed E-state index contributed by atoms with van der Waals surface area (Å²) in [5, 5.41) is 0. The molecule has 0 amide bonds. The molecule has 0 aromatic carbocycles. The van der Waals surface area contributed by atoms with Gasteiger partial charge in [0.05, 0.1) is 5.69 Å². The van der Waals surface area contributed by atoms with E-state index in [4.69, 9.17) is 5.73 Å². The second-order valence-corrected chi connectivity index (χ2v) is 3.01. The van der Waals surface area contributed by atoms with Gasteiger partial charge in [-0.25, -0.2) is 4.98 Å². The number of imidazole rings is 1. The largest absolute Gasteiger partial charge is 0.382 e. The Bertz CT molecular complexity index is 429. The molecule has 0 aliphatic heterocycles. The van der Waals surface area contributed by atoms with Crippen LogP contribution in [0.25, 0.3) is 5.65 Å². The average Bonchev–Trinajstić information content (AvgIpc) is 2.28. The summed E-state index contributed by atoms with van der Waals surface area (Å²) in [6, 6.07) is 4.06. The Morgan fingerprint density at radius 1 is 1.42 bits per heavy atom. The Morgan fingerprint density at radius 3 is 2.92 bits per heavy atom. The van der Waals surface area contributed by atoms with Gasteiger partial charge in [-0.1, -0.05) is 0 Å². The molecule has 2 aromatic heterocycles. The van der Waals surface area contributed by atoms with Gasteiger partial charge < -0.3 is 10.1 Å². The maximum absolute atomic E-state index is 5.67. The first-order valence-corrected chi connectivity index (χ1v) is 3.89. The van der Waals surface area contributed by atoms with Crippen LogP contribution in [0.5, 0.6) is 0 Å². The number of anilines is 1. The van der Waals surface area contributed by atoms with Gasteiger partial charge in [-0.2, -0.15) is 0 Å². The fourth-order valence-corrected chi connectivity index (χ4v) is 1.29. The van der Waals surface area contributed by atoms with E-state index in [1.54, 1.807) is 0 Å². The van der Waals surface area contributed by atoms with Gasteiger partial charge >= 0.3 is 0 Å². The number of pyridine rings is 1. The Morgan fingerprint density at radius 2 is 2.17 bits per heavy atom. The van der Waals surface area contributed by atoms with Crippen LogP contribution in [-0.4, -0.2) is 9.38 Å². The van der Waals surface area contributed by atoms with E-state index < -0.39 is 0 Å². The van der Waals surface area contributed by atoms with Crippen LogP contribution in [-0.2, 0) is 0 Å². The molecule has 0 fully saturated rings. The SMILES string of the molecule is Cc1ccn2c(C)c(N)nc2c1. The lowest BCUT2D eigenvalue weighted by molar-refractivity contribution is 1.10. The molecular weight excluding hydrogens is 150 g/mol. The van der Waals surface area contributed by atoms with E-state index in [0.29, 0.717) is 5.82 Å². The third kappa shape index (κ3) is 0.863. The van der Waals surface area contributed by atoms with Gasteiger partial charge in [0.2, 0.25) is 0 Å². The molecule has 0 bridgehead atoms. The standard InChI is InChI=1S/C9H11N3/c1-6-3-4-12-7(2)9(10)11-8(12)5-6/h3-5H,10H2,1-2H3. The summed E-state index contributed by atoms with van der Waals surface area (Å²) in [6.07, 6.45) is 1.99.